The van der Waals surface area contributed by atoms with Crippen molar-refractivity contribution in [2.75, 3.05) is 5.32 Å². The van der Waals surface area contributed by atoms with Gasteiger partial charge in [-0.2, -0.15) is 0 Å². The molecule has 28 heavy (non-hydrogen) atoms. The van der Waals surface area contributed by atoms with Crippen LogP contribution < -0.4 is 10.6 Å². The van der Waals surface area contributed by atoms with Crippen molar-refractivity contribution in [1.29, 1.82) is 0 Å². The lowest BCUT2D eigenvalue weighted by molar-refractivity contribution is 0.0927. The number of fused-ring (bicyclic) bond motifs is 1. The fourth-order valence-electron chi connectivity index (χ4n) is 3.44. The van der Waals surface area contributed by atoms with Crippen molar-refractivity contribution in [1.82, 2.24) is 10.3 Å². The number of rotatable bonds is 4. The second-order valence-electron chi connectivity index (χ2n) is 6.94. The summed E-state index contributed by atoms with van der Waals surface area (Å²) < 4.78 is 14.6. The van der Waals surface area contributed by atoms with Crippen LogP contribution >= 0.6 is 11.3 Å². The average molecular weight is 397 g/mol. The molecule has 1 fully saturated rings. The highest BCUT2D eigenvalue weighted by molar-refractivity contribution is 7.22. The van der Waals surface area contributed by atoms with Crippen LogP contribution in [0.3, 0.4) is 0 Å². The molecule has 1 saturated carbocycles. The molecule has 1 aromatic heterocycles. The second-order valence-corrected chi connectivity index (χ2v) is 7.97. The number of aromatic nitrogens is 1. The van der Waals surface area contributed by atoms with Crippen LogP contribution in [0.4, 0.5) is 9.52 Å². The standard InChI is InChI=1S/C21H20FN3O2S/c22-16-9-5-4-8-15(16)20(27)25-21-24-17-11-10-13(12-18(17)28-21)19(26)23-14-6-2-1-3-7-14/h4-5,8-12,14H,1-3,6-7H2,(H,23,26)(H,24,25,27). The Morgan fingerprint density at radius 1 is 1.04 bits per heavy atom. The van der Waals surface area contributed by atoms with E-state index >= 15 is 0 Å². The molecule has 1 heterocycles. The molecule has 0 spiro atoms. The Morgan fingerprint density at radius 2 is 1.82 bits per heavy atom. The first-order valence-corrected chi connectivity index (χ1v) is 10.2. The van der Waals surface area contributed by atoms with Gasteiger partial charge in [0.25, 0.3) is 11.8 Å². The maximum absolute atomic E-state index is 13.8. The van der Waals surface area contributed by atoms with Gasteiger partial charge in [0, 0.05) is 11.6 Å². The minimum absolute atomic E-state index is 0.0331. The molecular formula is C21H20FN3O2S. The largest absolute Gasteiger partial charge is 0.349 e. The topological polar surface area (TPSA) is 71.1 Å². The maximum atomic E-state index is 13.8. The summed E-state index contributed by atoms with van der Waals surface area (Å²) in [6, 6.07) is 11.3. The molecule has 2 aromatic carbocycles. The van der Waals surface area contributed by atoms with Gasteiger partial charge in [-0.1, -0.05) is 42.7 Å². The van der Waals surface area contributed by atoms with Crippen molar-refractivity contribution >= 4 is 38.5 Å². The van der Waals surface area contributed by atoms with Gasteiger partial charge < -0.3 is 5.32 Å². The Morgan fingerprint density at radius 3 is 2.61 bits per heavy atom. The molecule has 0 radical (unpaired) electrons. The molecule has 0 aliphatic heterocycles. The molecule has 0 unspecified atom stereocenters. The van der Waals surface area contributed by atoms with Crippen molar-refractivity contribution in [3.8, 4) is 0 Å². The van der Waals surface area contributed by atoms with Gasteiger partial charge in [-0.3, -0.25) is 14.9 Å². The van der Waals surface area contributed by atoms with E-state index in [1.807, 2.05) is 0 Å². The smallest absolute Gasteiger partial charge is 0.260 e. The SMILES string of the molecule is O=C(NC1CCCCC1)c1ccc2nc(NC(=O)c3ccccc3F)sc2c1. The number of hydrogen-bond acceptors (Lipinski definition) is 4. The summed E-state index contributed by atoms with van der Waals surface area (Å²) in [7, 11) is 0. The molecule has 2 amide bonds. The molecule has 3 aromatic rings. The van der Waals surface area contributed by atoms with Crippen LogP contribution in [0.2, 0.25) is 0 Å². The van der Waals surface area contributed by atoms with Crippen molar-refractivity contribution in [2.45, 2.75) is 38.1 Å². The molecule has 1 aliphatic rings. The number of amides is 2. The van der Waals surface area contributed by atoms with Gasteiger partial charge in [0.15, 0.2) is 5.13 Å². The number of carbonyl (C=O) groups is 2. The normalized spacial score (nSPS) is 14.8. The van der Waals surface area contributed by atoms with Crippen LogP contribution in [0.25, 0.3) is 10.2 Å². The highest BCUT2D eigenvalue weighted by Gasteiger charge is 2.18. The monoisotopic (exact) mass is 397 g/mol. The summed E-state index contributed by atoms with van der Waals surface area (Å²) in [5.74, 6) is -1.21. The van der Waals surface area contributed by atoms with E-state index in [0.717, 1.165) is 30.4 Å². The Hall–Kier alpha value is -2.80. The first kappa shape index (κ1) is 18.6. The molecule has 144 valence electrons. The van der Waals surface area contributed by atoms with Gasteiger partial charge in [-0.25, -0.2) is 9.37 Å². The number of halogens is 1. The van der Waals surface area contributed by atoms with Gasteiger partial charge in [-0.05, 0) is 43.2 Å². The summed E-state index contributed by atoms with van der Waals surface area (Å²) >= 11 is 1.26. The fraction of sp³-hybridized carbons (Fsp3) is 0.286. The highest BCUT2D eigenvalue weighted by Crippen LogP contribution is 2.27. The van der Waals surface area contributed by atoms with Crippen molar-refractivity contribution < 1.29 is 14.0 Å². The average Bonchev–Trinajstić information content (AvgIpc) is 3.10. The molecule has 0 saturated heterocycles. The minimum atomic E-state index is -0.581. The number of hydrogen-bond donors (Lipinski definition) is 2. The van der Waals surface area contributed by atoms with Crippen LogP contribution in [0.5, 0.6) is 0 Å². The van der Waals surface area contributed by atoms with Crippen LogP contribution in [0.15, 0.2) is 42.5 Å². The third-order valence-corrected chi connectivity index (χ3v) is 5.86. The van der Waals surface area contributed by atoms with Crippen molar-refractivity contribution in [2.24, 2.45) is 0 Å². The molecule has 5 nitrogen and oxygen atoms in total. The molecule has 0 bridgehead atoms. The van der Waals surface area contributed by atoms with Crippen LogP contribution in [0, 0.1) is 5.82 Å². The Kier molecular flexibility index (Phi) is 5.34. The zero-order valence-electron chi connectivity index (χ0n) is 15.2. The van der Waals surface area contributed by atoms with Gasteiger partial charge in [-0.15, -0.1) is 0 Å². The predicted molar refractivity (Wildman–Crippen MR) is 108 cm³/mol. The van der Waals surface area contributed by atoms with E-state index in [9.17, 15) is 14.0 Å². The lowest BCUT2D eigenvalue weighted by Crippen LogP contribution is -2.36. The first-order chi connectivity index (χ1) is 13.6. The Bertz CT molecular complexity index is 1030. The molecule has 7 heteroatoms. The van der Waals surface area contributed by atoms with E-state index in [2.05, 4.69) is 15.6 Å². The van der Waals surface area contributed by atoms with E-state index in [1.165, 1.54) is 36.0 Å². The number of thiazole rings is 1. The van der Waals surface area contributed by atoms with Crippen LogP contribution in [0.1, 0.15) is 52.8 Å². The highest BCUT2D eigenvalue weighted by atomic mass is 32.1. The maximum Gasteiger partial charge on any atom is 0.260 e. The lowest BCUT2D eigenvalue weighted by Gasteiger charge is -2.22. The number of carbonyl (C=O) groups excluding carboxylic acids is 2. The summed E-state index contributed by atoms with van der Waals surface area (Å²) in [6.45, 7) is 0. The quantitative estimate of drug-likeness (QED) is 0.667. The number of benzene rings is 2. The molecule has 4 rings (SSSR count). The predicted octanol–water partition coefficient (Wildman–Crippen LogP) is 4.75. The van der Waals surface area contributed by atoms with Crippen molar-refractivity contribution in [3.63, 3.8) is 0 Å². The summed E-state index contributed by atoms with van der Waals surface area (Å²) in [5, 5.41) is 6.10. The van der Waals surface area contributed by atoms with E-state index in [4.69, 9.17) is 0 Å². The van der Waals surface area contributed by atoms with E-state index in [1.54, 1.807) is 24.3 Å². The first-order valence-electron chi connectivity index (χ1n) is 9.37. The van der Waals surface area contributed by atoms with Gasteiger partial charge >= 0.3 is 0 Å². The Labute approximate surface area is 166 Å². The van der Waals surface area contributed by atoms with Gasteiger partial charge in [0.2, 0.25) is 0 Å². The van der Waals surface area contributed by atoms with E-state index < -0.39 is 11.7 Å². The van der Waals surface area contributed by atoms with E-state index in [-0.39, 0.29) is 17.5 Å². The van der Waals surface area contributed by atoms with E-state index in [0.29, 0.717) is 16.2 Å². The second kappa shape index (κ2) is 8.06. The number of nitrogens with zero attached hydrogens (tertiary/aromatic N) is 1. The number of nitrogens with one attached hydrogen (secondary N) is 2. The zero-order valence-corrected chi connectivity index (χ0v) is 16.0. The summed E-state index contributed by atoms with van der Waals surface area (Å²) in [6.07, 6.45) is 5.61. The molecular weight excluding hydrogens is 377 g/mol. The van der Waals surface area contributed by atoms with Crippen molar-refractivity contribution in [3.05, 3.63) is 59.4 Å². The Balaban J connectivity index is 1.49. The van der Waals surface area contributed by atoms with Crippen LogP contribution in [-0.4, -0.2) is 22.8 Å². The fourth-order valence-corrected chi connectivity index (χ4v) is 4.34. The zero-order chi connectivity index (χ0) is 19.5. The third kappa shape index (κ3) is 4.04. The summed E-state index contributed by atoms with van der Waals surface area (Å²) in [4.78, 5) is 29.1. The van der Waals surface area contributed by atoms with Gasteiger partial charge in [0.1, 0.15) is 5.82 Å². The van der Waals surface area contributed by atoms with Crippen LogP contribution in [-0.2, 0) is 0 Å². The summed E-state index contributed by atoms with van der Waals surface area (Å²) in [5.41, 5.74) is 1.23. The minimum Gasteiger partial charge on any atom is -0.349 e. The molecule has 0 atom stereocenters. The van der Waals surface area contributed by atoms with Gasteiger partial charge in [0.05, 0.1) is 15.8 Å². The molecule has 2 N–H and O–H groups in total. The third-order valence-electron chi connectivity index (χ3n) is 4.93. The molecule has 1 aliphatic carbocycles. The lowest BCUT2D eigenvalue weighted by atomic mass is 9.95. The number of anilines is 1.